The van der Waals surface area contributed by atoms with E-state index in [1.54, 1.807) is 24.3 Å². The van der Waals surface area contributed by atoms with E-state index in [2.05, 4.69) is 4.74 Å². The molecule has 2 aromatic carbocycles. The van der Waals surface area contributed by atoms with Crippen LogP contribution in [0.1, 0.15) is 0 Å². The summed E-state index contributed by atoms with van der Waals surface area (Å²) in [5, 5.41) is 0.358. The highest BCUT2D eigenvalue weighted by Gasteiger charge is 2.31. The fraction of sp³-hybridized carbons (Fsp3) is 0.250. The summed E-state index contributed by atoms with van der Waals surface area (Å²) in [5.41, 5.74) is 1.29. The number of fused-ring (bicyclic) bond motifs is 1. The molecule has 0 bridgehead atoms. The molecule has 0 spiro atoms. The Bertz CT molecular complexity index is 1060. The van der Waals surface area contributed by atoms with Gasteiger partial charge in [0, 0.05) is 19.2 Å². The molecule has 1 fully saturated rings. The van der Waals surface area contributed by atoms with Gasteiger partial charge in [-0.2, -0.15) is 0 Å². The number of anilines is 1. The van der Waals surface area contributed by atoms with Crippen molar-refractivity contribution in [3.63, 3.8) is 0 Å². The van der Waals surface area contributed by atoms with Gasteiger partial charge in [0.2, 0.25) is 0 Å². The molecule has 0 atom stereocenters. The van der Waals surface area contributed by atoms with Crippen LogP contribution in [0.25, 0.3) is 22.1 Å². The Balaban J connectivity index is 1.69. The van der Waals surface area contributed by atoms with Gasteiger partial charge in [-0.25, -0.2) is 0 Å². The number of hydrogen-bond donors (Lipinski definition) is 0. The van der Waals surface area contributed by atoms with E-state index in [4.69, 9.17) is 9.15 Å². The van der Waals surface area contributed by atoms with Crippen LogP contribution in [-0.4, -0.2) is 32.7 Å². The molecule has 8 heteroatoms. The van der Waals surface area contributed by atoms with Crippen LogP contribution in [0.15, 0.2) is 57.7 Å². The molecule has 0 radical (unpaired) electrons. The van der Waals surface area contributed by atoms with Crippen molar-refractivity contribution in [2.45, 2.75) is 6.36 Å². The maximum absolute atomic E-state index is 12.6. The van der Waals surface area contributed by atoms with Crippen LogP contribution in [0, 0.1) is 0 Å². The molecule has 3 aromatic rings. The number of ether oxygens (including phenoxy) is 2. The number of nitrogens with zero attached hydrogens (tertiary/aromatic N) is 1. The lowest BCUT2D eigenvalue weighted by Gasteiger charge is -2.27. The molecule has 28 heavy (non-hydrogen) atoms. The molecular formula is C20H16F3NO4. The second-order valence-corrected chi connectivity index (χ2v) is 6.33. The lowest BCUT2D eigenvalue weighted by molar-refractivity contribution is -0.274. The summed E-state index contributed by atoms with van der Waals surface area (Å²) in [4.78, 5) is 14.5. The van der Waals surface area contributed by atoms with E-state index >= 15 is 0 Å². The highest BCUT2D eigenvalue weighted by molar-refractivity contribution is 5.84. The van der Waals surface area contributed by atoms with Gasteiger partial charge in [-0.15, -0.1) is 13.2 Å². The predicted molar refractivity (Wildman–Crippen MR) is 97.6 cm³/mol. The second kappa shape index (κ2) is 7.20. The number of benzene rings is 2. The van der Waals surface area contributed by atoms with Crippen molar-refractivity contribution in [2.75, 3.05) is 31.2 Å². The summed E-state index contributed by atoms with van der Waals surface area (Å²) >= 11 is 0. The smallest absolute Gasteiger partial charge is 0.440 e. The average molecular weight is 391 g/mol. The maximum atomic E-state index is 12.6. The zero-order valence-corrected chi connectivity index (χ0v) is 14.7. The molecule has 1 aliphatic heterocycles. The fourth-order valence-corrected chi connectivity index (χ4v) is 3.14. The number of morpholine rings is 1. The Kier molecular flexibility index (Phi) is 4.72. The lowest BCUT2D eigenvalue weighted by atomic mass is 10.0. The number of alkyl halides is 3. The SMILES string of the molecule is O=c1cc(N2CCOCC2)oc2ccc(-c3cccc(OC(F)(F)F)c3)cc12. The molecule has 146 valence electrons. The van der Waals surface area contributed by atoms with Gasteiger partial charge in [0.15, 0.2) is 11.3 Å². The molecule has 1 saturated heterocycles. The van der Waals surface area contributed by atoms with Gasteiger partial charge in [-0.3, -0.25) is 4.79 Å². The monoisotopic (exact) mass is 391 g/mol. The summed E-state index contributed by atoms with van der Waals surface area (Å²) in [6, 6.07) is 12.0. The molecule has 0 N–H and O–H groups in total. The second-order valence-electron chi connectivity index (χ2n) is 6.33. The Labute approximate surface area is 157 Å². The Morgan fingerprint density at radius 2 is 1.71 bits per heavy atom. The van der Waals surface area contributed by atoms with Gasteiger partial charge in [-0.05, 0) is 35.4 Å². The Morgan fingerprint density at radius 3 is 2.46 bits per heavy atom. The number of halogens is 3. The van der Waals surface area contributed by atoms with Gasteiger partial charge < -0.3 is 18.8 Å². The van der Waals surface area contributed by atoms with Crippen LogP contribution in [0.5, 0.6) is 5.75 Å². The molecule has 5 nitrogen and oxygen atoms in total. The third-order valence-electron chi connectivity index (χ3n) is 4.44. The van der Waals surface area contributed by atoms with Crippen molar-refractivity contribution in [3.8, 4) is 16.9 Å². The van der Waals surface area contributed by atoms with E-state index in [0.29, 0.717) is 54.3 Å². The first-order valence-electron chi connectivity index (χ1n) is 8.66. The largest absolute Gasteiger partial charge is 0.573 e. The van der Waals surface area contributed by atoms with E-state index in [1.807, 2.05) is 4.90 Å². The van der Waals surface area contributed by atoms with E-state index in [0.717, 1.165) is 0 Å². The van der Waals surface area contributed by atoms with Crippen molar-refractivity contribution in [1.29, 1.82) is 0 Å². The fourth-order valence-electron chi connectivity index (χ4n) is 3.14. The Morgan fingerprint density at radius 1 is 0.964 bits per heavy atom. The van der Waals surface area contributed by atoms with E-state index in [1.165, 1.54) is 24.3 Å². The normalized spacial score (nSPS) is 15.0. The van der Waals surface area contributed by atoms with Crippen molar-refractivity contribution in [3.05, 3.63) is 58.8 Å². The first-order chi connectivity index (χ1) is 13.4. The molecule has 1 aromatic heterocycles. The minimum atomic E-state index is -4.76. The van der Waals surface area contributed by atoms with Crippen molar-refractivity contribution in [2.24, 2.45) is 0 Å². The molecule has 2 heterocycles. The third kappa shape index (κ3) is 3.96. The quantitative estimate of drug-likeness (QED) is 0.670. The highest BCUT2D eigenvalue weighted by atomic mass is 19.4. The van der Waals surface area contributed by atoms with Gasteiger partial charge in [0.25, 0.3) is 0 Å². The summed E-state index contributed by atoms with van der Waals surface area (Å²) < 4.78 is 52.4. The van der Waals surface area contributed by atoms with Gasteiger partial charge in [0.05, 0.1) is 18.6 Å². The summed E-state index contributed by atoms with van der Waals surface area (Å²) in [6.45, 7) is 2.41. The molecule has 0 aliphatic carbocycles. The van der Waals surface area contributed by atoms with Crippen LogP contribution in [-0.2, 0) is 4.74 Å². The molecular weight excluding hydrogens is 375 g/mol. The summed E-state index contributed by atoms with van der Waals surface area (Å²) in [5.74, 6) is 0.161. The summed E-state index contributed by atoms with van der Waals surface area (Å²) in [6.07, 6.45) is -4.76. The van der Waals surface area contributed by atoms with Gasteiger partial charge in [-0.1, -0.05) is 18.2 Å². The van der Waals surface area contributed by atoms with E-state index in [-0.39, 0.29) is 11.2 Å². The van der Waals surface area contributed by atoms with Crippen molar-refractivity contribution >= 4 is 16.9 Å². The van der Waals surface area contributed by atoms with Crippen molar-refractivity contribution < 1.29 is 27.1 Å². The Hall–Kier alpha value is -3.00. The van der Waals surface area contributed by atoms with Crippen LogP contribution in [0.2, 0.25) is 0 Å². The first kappa shape index (κ1) is 18.4. The topological polar surface area (TPSA) is 51.9 Å². The van der Waals surface area contributed by atoms with E-state index in [9.17, 15) is 18.0 Å². The highest BCUT2D eigenvalue weighted by Crippen LogP contribution is 2.30. The minimum Gasteiger partial charge on any atom is -0.440 e. The predicted octanol–water partition coefficient (Wildman–Crippen LogP) is 4.20. The third-order valence-corrected chi connectivity index (χ3v) is 4.44. The zero-order valence-electron chi connectivity index (χ0n) is 14.7. The van der Waals surface area contributed by atoms with Crippen LogP contribution in [0.4, 0.5) is 19.1 Å². The molecule has 1 aliphatic rings. The molecule has 0 unspecified atom stereocenters. The molecule has 0 saturated carbocycles. The lowest BCUT2D eigenvalue weighted by Crippen LogP contribution is -2.36. The summed E-state index contributed by atoms with van der Waals surface area (Å²) in [7, 11) is 0. The minimum absolute atomic E-state index is 0.215. The van der Waals surface area contributed by atoms with Gasteiger partial charge in [0.1, 0.15) is 11.3 Å². The molecule has 4 rings (SSSR count). The number of hydrogen-bond acceptors (Lipinski definition) is 5. The van der Waals surface area contributed by atoms with E-state index < -0.39 is 6.36 Å². The average Bonchev–Trinajstić information content (AvgIpc) is 2.67. The van der Waals surface area contributed by atoms with Crippen LogP contribution >= 0.6 is 0 Å². The van der Waals surface area contributed by atoms with Crippen LogP contribution < -0.4 is 15.1 Å². The standard InChI is InChI=1S/C20H16F3NO4/c21-20(22,23)28-15-3-1-2-13(10-15)14-4-5-18-16(11-14)17(25)12-19(27-18)24-6-8-26-9-7-24/h1-5,10-12H,6-9H2. The zero-order chi connectivity index (χ0) is 19.7. The van der Waals surface area contributed by atoms with Crippen LogP contribution in [0.3, 0.4) is 0 Å². The maximum Gasteiger partial charge on any atom is 0.573 e. The van der Waals surface area contributed by atoms with Crippen molar-refractivity contribution in [1.82, 2.24) is 0 Å². The number of rotatable bonds is 3. The van der Waals surface area contributed by atoms with Gasteiger partial charge >= 0.3 is 6.36 Å². The molecule has 0 amide bonds. The first-order valence-corrected chi connectivity index (χ1v) is 8.66.